The molecule has 116 valence electrons. The Morgan fingerprint density at radius 2 is 1.90 bits per heavy atom. The second kappa shape index (κ2) is 7.39. The molecule has 0 aromatic heterocycles. The number of ether oxygens (including phenoxy) is 1. The average molecular weight is 288 g/mol. The quantitative estimate of drug-likeness (QED) is 0.828. The van der Waals surface area contributed by atoms with E-state index in [-0.39, 0.29) is 0 Å². The molecular formula is C18H28N2O. The largest absolute Gasteiger partial charge is 0.379 e. The van der Waals surface area contributed by atoms with E-state index in [9.17, 15) is 0 Å². The van der Waals surface area contributed by atoms with Crippen LogP contribution in [0, 0.1) is 0 Å². The molecule has 21 heavy (non-hydrogen) atoms. The van der Waals surface area contributed by atoms with E-state index in [2.05, 4.69) is 47.1 Å². The van der Waals surface area contributed by atoms with Gasteiger partial charge in [-0.3, -0.25) is 4.90 Å². The van der Waals surface area contributed by atoms with E-state index in [0.29, 0.717) is 5.92 Å². The Morgan fingerprint density at radius 3 is 2.67 bits per heavy atom. The number of morpholine rings is 1. The van der Waals surface area contributed by atoms with Crippen LogP contribution in [-0.4, -0.2) is 61.8 Å². The summed E-state index contributed by atoms with van der Waals surface area (Å²) < 4.78 is 5.46. The Hall–Kier alpha value is -0.900. The lowest BCUT2D eigenvalue weighted by Crippen LogP contribution is -2.44. The van der Waals surface area contributed by atoms with Gasteiger partial charge in [-0.15, -0.1) is 0 Å². The normalized spacial score (nSPS) is 26.0. The Labute approximate surface area is 128 Å². The zero-order valence-corrected chi connectivity index (χ0v) is 13.2. The number of nitrogens with zero attached hydrogens (tertiary/aromatic N) is 2. The zero-order valence-electron chi connectivity index (χ0n) is 13.2. The van der Waals surface area contributed by atoms with E-state index in [0.717, 1.165) is 32.3 Å². The lowest BCUT2D eigenvalue weighted by molar-refractivity contribution is 0.0185. The van der Waals surface area contributed by atoms with Crippen LogP contribution >= 0.6 is 0 Å². The second-order valence-corrected chi connectivity index (χ2v) is 6.49. The van der Waals surface area contributed by atoms with Crippen LogP contribution in [0.2, 0.25) is 0 Å². The number of likely N-dealkylation sites (tertiary alicyclic amines) is 1. The topological polar surface area (TPSA) is 15.7 Å². The Balaban J connectivity index is 1.42. The fourth-order valence-corrected chi connectivity index (χ4v) is 3.58. The third kappa shape index (κ3) is 4.06. The summed E-state index contributed by atoms with van der Waals surface area (Å²) in [6.07, 6.45) is 2.60. The minimum Gasteiger partial charge on any atom is -0.379 e. The van der Waals surface area contributed by atoms with Gasteiger partial charge in [-0.25, -0.2) is 0 Å². The van der Waals surface area contributed by atoms with Crippen LogP contribution in [0.15, 0.2) is 30.3 Å². The smallest absolute Gasteiger partial charge is 0.0594 e. The van der Waals surface area contributed by atoms with Crippen molar-refractivity contribution in [3.8, 4) is 0 Å². The van der Waals surface area contributed by atoms with Gasteiger partial charge in [0.25, 0.3) is 0 Å². The van der Waals surface area contributed by atoms with Crippen LogP contribution in [-0.2, 0) is 4.74 Å². The van der Waals surface area contributed by atoms with Gasteiger partial charge in [0, 0.05) is 25.7 Å². The van der Waals surface area contributed by atoms with Gasteiger partial charge in [-0.05, 0) is 37.4 Å². The second-order valence-electron chi connectivity index (χ2n) is 6.49. The van der Waals surface area contributed by atoms with Crippen molar-refractivity contribution >= 4 is 0 Å². The van der Waals surface area contributed by atoms with Crippen molar-refractivity contribution in [2.45, 2.75) is 31.7 Å². The molecule has 0 amide bonds. The summed E-state index contributed by atoms with van der Waals surface area (Å²) in [5.74, 6) is 0.661. The lowest BCUT2D eigenvalue weighted by Gasteiger charge is -2.32. The summed E-state index contributed by atoms with van der Waals surface area (Å²) in [7, 11) is 0. The molecule has 2 fully saturated rings. The van der Waals surface area contributed by atoms with Gasteiger partial charge in [0.15, 0.2) is 0 Å². The van der Waals surface area contributed by atoms with Crippen LogP contribution in [0.4, 0.5) is 0 Å². The minimum atomic E-state index is 0.661. The van der Waals surface area contributed by atoms with E-state index in [4.69, 9.17) is 4.74 Å². The molecule has 1 aromatic rings. The maximum Gasteiger partial charge on any atom is 0.0594 e. The van der Waals surface area contributed by atoms with Crippen LogP contribution < -0.4 is 0 Å². The molecule has 2 aliphatic rings. The maximum absolute atomic E-state index is 5.46. The molecule has 0 aliphatic carbocycles. The zero-order chi connectivity index (χ0) is 14.5. The van der Waals surface area contributed by atoms with Crippen LogP contribution in [0.3, 0.4) is 0 Å². The van der Waals surface area contributed by atoms with Crippen molar-refractivity contribution in [3.63, 3.8) is 0 Å². The molecule has 2 heterocycles. The summed E-state index contributed by atoms with van der Waals surface area (Å²) in [6.45, 7) is 10.2. The van der Waals surface area contributed by atoms with Crippen molar-refractivity contribution in [3.05, 3.63) is 35.9 Å². The molecule has 3 heteroatoms. The van der Waals surface area contributed by atoms with Crippen LogP contribution in [0.5, 0.6) is 0 Å². The highest BCUT2D eigenvalue weighted by molar-refractivity contribution is 5.18. The van der Waals surface area contributed by atoms with Crippen molar-refractivity contribution in [1.82, 2.24) is 9.80 Å². The van der Waals surface area contributed by atoms with E-state index >= 15 is 0 Å². The third-order valence-electron chi connectivity index (χ3n) is 5.06. The van der Waals surface area contributed by atoms with E-state index in [1.54, 1.807) is 0 Å². The standard InChI is InChI=1S/C18H28N2O/c1-16(17-5-3-2-4-6-17)7-9-19-10-8-18(15-19)20-11-13-21-14-12-20/h2-6,16,18H,7-15H2,1H3/t16-,18-/m0/s1. The number of hydrogen-bond donors (Lipinski definition) is 0. The fraction of sp³-hybridized carbons (Fsp3) is 0.667. The van der Waals surface area contributed by atoms with E-state index in [1.165, 1.54) is 38.0 Å². The van der Waals surface area contributed by atoms with E-state index in [1.807, 2.05) is 0 Å². The number of rotatable bonds is 5. The summed E-state index contributed by atoms with van der Waals surface area (Å²) in [5, 5.41) is 0. The molecule has 0 saturated carbocycles. The Kier molecular flexibility index (Phi) is 5.28. The summed E-state index contributed by atoms with van der Waals surface area (Å²) >= 11 is 0. The predicted octanol–water partition coefficient (Wildman–Crippen LogP) is 2.59. The van der Waals surface area contributed by atoms with Crippen molar-refractivity contribution in [2.75, 3.05) is 45.9 Å². The van der Waals surface area contributed by atoms with Gasteiger partial charge < -0.3 is 9.64 Å². The molecule has 0 unspecified atom stereocenters. The number of benzene rings is 1. The molecule has 3 rings (SSSR count). The monoisotopic (exact) mass is 288 g/mol. The summed E-state index contributed by atoms with van der Waals surface area (Å²) in [4.78, 5) is 5.28. The SMILES string of the molecule is C[C@@H](CCN1CC[C@H](N2CCOCC2)C1)c1ccccc1. The average Bonchev–Trinajstić information content (AvgIpc) is 3.03. The van der Waals surface area contributed by atoms with Crippen LogP contribution in [0.1, 0.15) is 31.2 Å². The Bertz CT molecular complexity index is 416. The highest BCUT2D eigenvalue weighted by Gasteiger charge is 2.28. The molecule has 0 N–H and O–H groups in total. The molecule has 0 radical (unpaired) electrons. The first-order valence-electron chi connectivity index (χ1n) is 8.42. The molecule has 2 saturated heterocycles. The first-order valence-corrected chi connectivity index (χ1v) is 8.42. The van der Waals surface area contributed by atoms with Gasteiger partial charge in [0.1, 0.15) is 0 Å². The molecular weight excluding hydrogens is 260 g/mol. The van der Waals surface area contributed by atoms with Gasteiger partial charge in [-0.1, -0.05) is 37.3 Å². The first kappa shape index (κ1) is 15.0. The maximum atomic E-state index is 5.46. The summed E-state index contributed by atoms with van der Waals surface area (Å²) in [6, 6.07) is 11.7. The predicted molar refractivity (Wildman–Crippen MR) is 86.7 cm³/mol. The van der Waals surface area contributed by atoms with Gasteiger partial charge >= 0.3 is 0 Å². The highest BCUT2D eigenvalue weighted by Crippen LogP contribution is 2.22. The van der Waals surface area contributed by atoms with Crippen molar-refractivity contribution in [2.24, 2.45) is 0 Å². The van der Waals surface area contributed by atoms with Gasteiger partial charge in [0.05, 0.1) is 13.2 Å². The fourth-order valence-electron chi connectivity index (χ4n) is 3.58. The third-order valence-corrected chi connectivity index (χ3v) is 5.06. The lowest BCUT2D eigenvalue weighted by atomic mass is 9.98. The van der Waals surface area contributed by atoms with Crippen molar-refractivity contribution in [1.29, 1.82) is 0 Å². The minimum absolute atomic E-state index is 0.661. The summed E-state index contributed by atoms with van der Waals surface area (Å²) in [5.41, 5.74) is 1.47. The first-order chi connectivity index (χ1) is 10.3. The number of hydrogen-bond acceptors (Lipinski definition) is 3. The van der Waals surface area contributed by atoms with Crippen LogP contribution in [0.25, 0.3) is 0 Å². The molecule has 1 aromatic carbocycles. The molecule has 0 spiro atoms. The van der Waals surface area contributed by atoms with E-state index < -0.39 is 0 Å². The van der Waals surface area contributed by atoms with Gasteiger partial charge in [0.2, 0.25) is 0 Å². The molecule has 2 atom stereocenters. The Morgan fingerprint density at radius 1 is 1.14 bits per heavy atom. The highest BCUT2D eigenvalue weighted by atomic mass is 16.5. The molecule has 2 aliphatic heterocycles. The van der Waals surface area contributed by atoms with Gasteiger partial charge in [-0.2, -0.15) is 0 Å². The van der Waals surface area contributed by atoms with Crippen molar-refractivity contribution < 1.29 is 4.74 Å². The molecule has 3 nitrogen and oxygen atoms in total. The molecule has 0 bridgehead atoms.